The van der Waals surface area contributed by atoms with E-state index in [2.05, 4.69) is 15.3 Å². The van der Waals surface area contributed by atoms with Crippen LogP contribution in [0, 0.1) is 0 Å². The minimum absolute atomic E-state index is 0.105. The number of hydrogen-bond acceptors (Lipinski definition) is 3. The fourth-order valence-electron chi connectivity index (χ4n) is 3.36. The van der Waals surface area contributed by atoms with E-state index in [1.165, 1.54) is 0 Å². The zero-order valence-electron chi connectivity index (χ0n) is 15.2. The second-order valence-corrected chi connectivity index (χ2v) is 6.75. The zero-order valence-corrected chi connectivity index (χ0v) is 15.2. The zero-order chi connectivity index (χ0) is 19.0. The van der Waals surface area contributed by atoms with Crippen LogP contribution in [0.3, 0.4) is 0 Å². The molecule has 0 aliphatic carbocycles. The first-order valence-electron chi connectivity index (χ1n) is 8.71. The molecule has 4 rings (SSSR count). The minimum atomic E-state index is -0.270. The monoisotopic (exact) mass is 360 g/mol. The van der Waals surface area contributed by atoms with Crippen LogP contribution in [0.25, 0.3) is 21.8 Å². The molecule has 4 aromatic rings. The Hall–Kier alpha value is -3.54. The number of H-pyrrole nitrogens is 2. The Labute approximate surface area is 155 Å². The van der Waals surface area contributed by atoms with Gasteiger partial charge in [0.1, 0.15) is 0 Å². The lowest BCUT2D eigenvalue weighted by Crippen LogP contribution is -2.18. The normalized spacial score (nSPS) is 11.0. The number of aromatic nitrogens is 2. The van der Waals surface area contributed by atoms with Gasteiger partial charge < -0.3 is 20.2 Å². The quantitative estimate of drug-likeness (QED) is 0.522. The number of carbonyl (C=O) groups excluding carboxylic acids is 1. The van der Waals surface area contributed by atoms with Crippen molar-refractivity contribution in [3.05, 3.63) is 70.6 Å². The standard InChI is InChI=1S/C21H20N4O2/c1-25(2)19-12-17-16(23-21(27)24-17)11-18(19)22-20(26)10-14-8-5-7-13-6-3-4-9-15(13)14/h3-9,11-12H,10H2,1-2H3,(H,22,26)(H2,23,24,27). The van der Waals surface area contributed by atoms with Crippen molar-refractivity contribution in [1.29, 1.82) is 0 Å². The molecule has 0 fully saturated rings. The summed E-state index contributed by atoms with van der Waals surface area (Å²) in [5.41, 5.74) is 3.56. The van der Waals surface area contributed by atoms with Gasteiger partial charge in [0.05, 0.1) is 28.8 Å². The molecular weight excluding hydrogens is 340 g/mol. The summed E-state index contributed by atoms with van der Waals surface area (Å²) in [4.78, 5) is 31.7. The number of imidazole rings is 1. The molecule has 0 aliphatic rings. The number of rotatable bonds is 4. The predicted octanol–water partition coefficient (Wildman–Crippen LogP) is 3.26. The van der Waals surface area contributed by atoms with Crippen molar-refractivity contribution in [2.45, 2.75) is 6.42 Å². The lowest BCUT2D eigenvalue weighted by Gasteiger charge is -2.18. The van der Waals surface area contributed by atoms with Gasteiger partial charge in [0.2, 0.25) is 5.91 Å². The third-order valence-electron chi connectivity index (χ3n) is 4.62. The van der Waals surface area contributed by atoms with Gasteiger partial charge in [-0.15, -0.1) is 0 Å². The second kappa shape index (κ2) is 6.64. The van der Waals surface area contributed by atoms with Gasteiger partial charge in [0.25, 0.3) is 0 Å². The highest BCUT2D eigenvalue weighted by atomic mass is 16.1. The highest BCUT2D eigenvalue weighted by molar-refractivity contribution is 6.00. The summed E-state index contributed by atoms with van der Waals surface area (Å²) >= 11 is 0. The molecule has 27 heavy (non-hydrogen) atoms. The van der Waals surface area contributed by atoms with E-state index in [-0.39, 0.29) is 18.0 Å². The van der Waals surface area contributed by atoms with Crippen molar-refractivity contribution in [2.75, 3.05) is 24.3 Å². The lowest BCUT2D eigenvalue weighted by atomic mass is 10.0. The van der Waals surface area contributed by atoms with E-state index in [1.54, 1.807) is 6.07 Å². The predicted molar refractivity (Wildman–Crippen MR) is 110 cm³/mol. The number of fused-ring (bicyclic) bond motifs is 2. The third kappa shape index (κ3) is 3.29. The Balaban J connectivity index is 1.66. The largest absolute Gasteiger partial charge is 0.376 e. The highest BCUT2D eigenvalue weighted by Crippen LogP contribution is 2.29. The first-order chi connectivity index (χ1) is 13.0. The molecule has 0 saturated heterocycles. The van der Waals surface area contributed by atoms with Crippen LogP contribution in [0.5, 0.6) is 0 Å². The lowest BCUT2D eigenvalue weighted by molar-refractivity contribution is -0.115. The molecule has 0 spiro atoms. The van der Waals surface area contributed by atoms with Gasteiger partial charge in [-0.25, -0.2) is 4.79 Å². The second-order valence-electron chi connectivity index (χ2n) is 6.75. The molecule has 0 radical (unpaired) electrons. The minimum Gasteiger partial charge on any atom is -0.376 e. The molecule has 1 amide bonds. The molecule has 1 heterocycles. The van der Waals surface area contributed by atoms with Gasteiger partial charge in [-0.3, -0.25) is 4.79 Å². The van der Waals surface area contributed by atoms with Gasteiger partial charge in [0, 0.05) is 14.1 Å². The highest BCUT2D eigenvalue weighted by Gasteiger charge is 2.13. The van der Waals surface area contributed by atoms with Gasteiger partial charge in [-0.2, -0.15) is 0 Å². The first kappa shape index (κ1) is 16.9. The number of aromatic amines is 2. The van der Waals surface area contributed by atoms with E-state index in [9.17, 15) is 9.59 Å². The molecule has 6 nitrogen and oxygen atoms in total. The maximum atomic E-state index is 12.7. The van der Waals surface area contributed by atoms with Crippen LogP contribution in [0.2, 0.25) is 0 Å². The molecule has 3 aromatic carbocycles. The summed E-state index contributed by atoms with van der Waals surface area (Å²) in [7, 11) is 3.79. The molecule has 1 aromatic heterocycles. The number of benzene rings is 3. The molecule has 3 N–H and O–H groups in total. The van der Waals surface area contributed by atoms with Gasteiger partial charge in [-0.1, -0.05) is 42.5 Å². The van der Waals surface area contributed by atoms with Crippen molar-refractivity contribution in [3.63, 3.8) is 0 Å². The van der Waals surface area contributed by atoms with Crippen LogP contribution >= 0.6 is 0 Å². The molecule has 0 unspecified atom stereocenters. The van der Waals surface area contributed by atoms with Crippen molar-refractivity contribution >= 4 is 39.1 Å². The number of hydrogen-bond donors (Lipinski definition) is 3. The van der Waals surface area contributed by atoms with E-state index in [0.717, 1.165) is 22.0 Å². The van der Waals surface area contributed by atoms with Crippen LogP contribution < -0.4 is 15.9 Å². The number of carbonyl (C=O) groups is 1. The van der Waals surface area contributed by atoms with Crippen LogP contribution in [0.4, 0.5) is 11.4 Å². The smallest absolute Gasteiger partial charge is 0.323 e. The molecule has 0 bridgehead atoms. The fourth-order valence-corrected chi connectivity index (χ4v) is 3.36. The number of nitrogens with one attached hydrogen (secondary N) is 3. The topological polar surface area (TPSA) is 81.0 Å². The summed E-state index contributed by atoms with van der Waals surface area (Å²) < 4.78 is 0. The molecule has 0 atom stereocenters. The Morgan fingerprint density at radius 2 is 1.70 bits per heavy atom. The Kier molecular flexibility index (Phi) is 4.16. The van der Waals surface area contributed by atoms with Crippen molar-refractivity contribution in [2.24, 2.45) is 0 Å². The summed E-state index contributed by atoms with van der Waals surface area (Å²) in [5.74, 6) is -0.105. The van der Waals surface area contributed by atoms with E-state index in [0.29, 0.717) is 16.7 Å². The van der Waals surface area contributed by atoms with Crippen LogP contribution in [0.1, 0.15) is 5.56 Å². The first-order valence-corrected chi connectivity index (χ1v) is 8.71. The van der Waals surface area contributed by atoms with Crippen molar-refractivity contribution in [1.82, 2.24) is 9.97 Å². The number of amides is 1. The van der Waals surface area contributed by atoms with Crippen molar-refractivity contribution in [3.8, 4) is 0 Å². The van der Waals surface area contributed by atoms with Gasteiger partial charge >= 0.3 is 5.69 Å². The van der Waals surface area contributed by atoms with Crippen LogP contribution in [-0.2, 0) is 11.2 Å². The fraction of sp³-hybridized carbons (Fsp3) is 0.143. The molecule has 136 valence electrons. The van der Waals surface area contributed by atoms with Crippen LogP contribution in [0.15, 0.2) is 59.4 Å². The average Bonchev–Trinajstić information content (AvgIpc) is 3.00. The Bertz CT molecular complexity index is 1200. The third-order valence-corrected chi connectivity index (χ3v) is 4.62. The molecule has 6 heteroatoms. The summed E-state index contributed by atoms with van der Waals surface area (Å²) in [6.07, 6.45) is 0.274. The Morgan fingerprint density at radius 3 is 2.48 bits per heavy atom. The van der Waals surface area contributed by atoms with E-state index in [1.807, 2.05) is 67.5 Å². The number of nitrogens with zero attached hydrogens (tertiary/aromatic N) is 1. The SMILES string of the molecule is CN(C)c1cc2[nH]c(=O)[nH]c2cc1NC(=O)Cc1cccc2ccccc12. The van der Waals surface area contributed by atoms with Gasteiger partial charge in [-0.05, 0) is 28.5 Å². The average molecular weight is 360 g/mol. The van der Waals surface area contributed by atoms with Crippen molar-refractivity contribution < 1.29 is 4.79 Å². The molecule has 0 aliphatic heterocycles. The molecule has 0 saturated carbocycles. The van der Waals surface area contributed by atoms with Crippen LogP contribution in [-0.4, -0.2) is 30.0 Å². The molecular formula is C21H20N4O2. The number of anilines is 2. The van der Waals surface area contributed by atoms with Gasteiger partial charge in [0.15, 0.2) is 0 Å². The van der Waals surface area contributed by atoms with E-state index in [4.69, 9.17) is 0 Å². The maximum absolute atomic E-state index is 12.7. The summed E-state index contributed by atoms with van der Waals surface area (Å²) in [6, 6.07) is 17.6. The summed E-state index contributed by atoms with van der Waals surface area (Å²) in [5, 5.41) is 5.18. The van der Waals surface area contributed by atoms with E-state index < -0.39 is 0 Å². The van der Waals surface area contributed by atoms with E-state index >= 15 is 0 Å². The Morgan fingerprint density at radius 1 is 1.00 bits per heavy atom. The summed E-state index contributed by atoms with van der Waals surface area (Å²) in [6.45, 7) is 0. The maximum Gasteiger partial charge on any atom is 0.323 e.